The number of Topliss-reactive ketones (excluding diaryl/α,β-unsaturated/α-hetero) is 1. The highest BCUT2D eigenvalue weighted by Gasteiger charge is 2.49. The second-order valence-corrected chi connectivity index (χ2v) is 6.35. The molecule has 3 aliphatic carbocycles. The van der Waals surface area contributed by atoms with Crippen LogP contribution in [0, 0.1) is 23.2 Å². The molecule has 0 aliphatic heterocycles. The minimum Gasteiger partial charge on any atom is -0.299 e. The molecule has 1 fully saturated rings. The van der Waals surface area contributed by atoms with Crippen LogP contribution in [0.15, 0.2) is 23.8 Å². The largest absolute Gasteiger partial charge is 0.299 e. The Bertz CT molecular complexity index is 404. The second kappa shape index (κ2) is 3.83. The third kappa shape index (κ3) is 1.55. The maximum Gasteiger partial charge on any atom is 0.143 e. The Kier molecular flexibility index (Phi) is 2.53. The molecule has 17 heavy (non-hydrogen) atoms. The van der Waals surface area contributed by atoms with Crippen LogP contribution in [0.4, 0.5) is 0 Å². The van der Waals surface area contributed by atoms with Crippen LogP contribution in [-0.2, 0) is 4.79 Å². The van der Waals surface area contributed by atoms with E-state index < -0.39 is 0 Å². The smallest absolute Gasteiger partial charge is 0.143 e. The minimum absolute atomic E-state index is 0.0217. The van der Waals surface area contributed by atoms with Crippen molar-refractivity contribution in [2.75, 3.05) is 0 Å². The van der Waals surface area contributed by atoms with Gasteiger partial charge in [0.05, 0.1) is 0 Å². The molecule has 1 nitrogen and oxygen atoms in total. The Morgan fingerprint density at radius 3 is 3.00 bits per heavy atom. The first-order valence-corrected chi connectivity index (χ1v) is 7.00. The van der Waals surface area contributed by atoms with E-state index in [1.165, 1.54) is 18.4 Å². The summed E-state index contributed by atoms with van der Waals surface area (Å²) in [5.41, 5.74) is 1.40. The van der Waals surface area contributed by atoms with E-state index in [4.69, 9.17) is 0 Å². The zero-order valence-corrected chi connectivity index (χ0v) is 10.9. The van der Waals surface area contributed by atoms with Crippen LogP contribution in [0.5, 0.6) is 0 Å². The van der Waals surface area contributed by atoms with Gasteiger partial charge in [0, 0.05) is 17.3 Å². The quantitative estimate of drug-likeness (QED) is 0.577. The standard InChI is InChI=1S/C16H22O/c1-11-8-9-12-5-4-10-16(12,2)15(17)14-7-3-6-13(11)14/h3,6,8,12-14H,4-5,7,9-10H2,1-2H3/b11-8-/t12-,13+,14+,16-/m0/s1. The summed E-state index contributed by atoms with van der Waals surface area (Å²) in [5.74, 6) is 1.81. The van der Waals surface area contributed by atoms with Gasteiger partial charge in [-0.3, -0.25) is 4.79 Å². The van der Waals surface area contributed by atoms with Crippen molar-refractivity contribution in [1.82, 2.24) is 0 Å². The Balaban J connectivity index is 2.01. The van der Waals surface area contributed by atoms with E-state index in [0.717, 1.165) is 19.3 Å². The lowest BCUT2D eigenvalue weighted by Gasteiger charge is -2.36. The number of hydrogen-bond acceptors (Lipinski definition) is 1. The van der Waals surface area contributed by atoms with E-state index >= 15 is 0 Å². The maximum atomic E-state index is 12.9. The maximum absolute atomic E-state index is 12.9. The van der Waals surface area contributed by atoms with Gasteiger partial charge in [0.2, 0.25) is 0 Å². The summed E-state index contributed by atoms with van der Waals surface area (Å²) in [6, 6.07) is 0. The molecule has 3 aliphatic rings. The number of hydrogen-bond donors (Lipinski definition) is 0. The molecule has 0 bridgehead atoms. The Hall–Kier alpha value is -0.850. The molecular formula is C16H22O. The fourth-order valence-corrected chi connectivity index (χ4v) is 4.22. The molecule has 0 aromatic heterocycles. The monoisotopic (exact) mass is 230 g/mol. The third-order valence-corrected chi connectivity index (χ3v) is 5.47. The van der Waals surface area contributed by atoms with Crippen LogP contribution >= 0.6 is 0 Å². The molecule has 0 saturated heterocycles. The molecule has 0 unspecified atom stereocenters. The molecule has 0 N–H and O–H groups in total. The summed E-state index contributed by atoms with van der Waals surface area (Å²) in [6.45, 7) is 4.44. The van der Waals surface area contributed by atoms with Crippen molar-refractivity contribution < 1.29 is 4.79 Å². The topological polar surface area (TPSA) is 17.1 Å². The van der Waals surface area contributed by atoms with Gasteiger partial charge in [-0.05, 0) is 38.5 Å². The molecule has 0 aromatic rings. The minimum atomic E-state index is -0.0217. The molecule has 0 amide bonds. The van der Waals surface area contributed by atoms with Crippen LogP contribution in [0.2, 0.25) is 0 Å². The van der Waals surface area contributed by atoms with E-state index in [9.17, 15) is 4.79 Å². The van der Waals surface area contributed by atoms with Crippen LogP contribution in [0.1, 0.15) is 46.0 Å². The SMILES string of the molecule is C/C1=C/C[C@@H]2CCC[C@]2(C)C(=O)[C@@H]2CC=C[C@H]12. The lowest BCUT2D eigenvalue weighted by atomic mass is 9.66. The van der Waals surface area contributed by atoms with Crippen molar-refractivity contribution in [1.29, 1.82) is 0 Å². The van der Waals surface area contributed by atoms with Crippen LogP contribution < -0.4 is 0 Å². The number of rotatable bonds is 0. The van der Waals surface area contributed by atoms with Gasteiger partial charge in [0.15, 0.2) is 0 Å². The molecule has 0 aromatic carbocycles. The summed E-state index contributed by atoms with van der Waals surface area (Å²) in [6.07, 6.45) is 12.6. The average Bonchev–Trinajstić information content (AvgIpc) is 2.91. The molecule has 4 atom stereocenters. The molecule has 0 spiro atoms. The molecule has 1 heteroatoms. The van der Waals surface area contributed by atoms with Gasteiger partial charge in [-0.15, -0.1) is 0 Å². The van der Waals surface area contributed by atoms with Crippen molar-refractivity contribution in [3.63, 3.8) is 0 Å². The van der Waals surface area contributed by atoms with Gasteiger partial charge < -0.3 is 0 Å². The Labute approximate surface area is 104 Å². The number of ketones is 1. The van der Waals surface area contributed by atoms with E-state index in [-0.39, 0.29) is 11.3 Å². The van der Waals surface area contributed by atoms with Crippen molar-refractivity contribution in [3.05, 3.63) is 23.8 Å². The lowest BCUT2D eigenvalue weighted by Crippen LogP contribution is -2.39. The summed E-state index contributed by atoms with van der Waals surface area (Å²) in [4.78, 5) is 12.9. The van der Waals surface area contributed by atoms with Crippen molar-refractivity contribution in [2.24, 2.45) is 23.2 Å². The van der Waals surface area contributed by atoms with Gasteiger partial charge in [-0.2, -0.15) is 0 Å². The molecule has 0 heterocycles. The highest BCUT2D eigenvalue weighted by molar-refractivity contribution is 5.89. The molecular weight excluding hydrogens is 208 g/mol. The number of fused-ring (bicyclic) bond motifs is 2. The van der Waals surface area contributed by atoms with Gasteiger partial charge >= 0.3 is 0 Å². The zero-order chi connectivity index (χ0) is 12.0. The highest BCUT2D eigenvalue weighted by atomic mass is 16.1. The van der Waals surface area contributed by atoms with Crippen molar-refractivity contribution in [2.45, 2.75) is 46.0 Å². The van der Waals surface area contributed by atoms with Gasteiger partial charge in [-0.1, -0.05) is 37.1 Å². The first kappa shape index (κ1) is 11.3. The molecule has 92 valence electrons. The number of carbonyl (C=O) groups excluding carboxylic acids is 1. The number of allylic oxidation sites excluding steroid dienone is 4. The van der Waals surface area contributed by atoms with Crippen LogP contribution in [0.3, 0.4) is 0 Å². The zero-order valence-electron chi connectivity index (χ0n) is 10.9. The van der Waals surface area contributed by atoms with Crippen LogP contribution in [-0.4, -0.2) is 5.78 Å². The van der Waals surface area contributed by atoms with E-state index in [2.05, 4.69) is 32.1 Å². The molecule has 0 radical (unpaired) electrons. The summed E-state index contributed by atoms with van der Waals surface area (Å²) < 4.78 is 0. The Morgan fingerprint density at radius 1 is 1.35 bits per heavy atom. The predicted octanol–water partition coefficient (Wildman–Crippen LogP) is 3.90. The van der Waals surface area contributed by atoms with E-state index in [0.29, 0.717) is 17.6 Å². The lowest BCUT2D eigenvalue weighted by molar-refractivity contribution is -0.134. The van der Waals surface area contributed by atoms with Gasteiger partial charge in [0.25, 0.3) is 0 Å². The van der Waals surface area contributed by atoms with Crippen molar-refractivity contribution >= 4 is 5.78 Å². The predicted molar refractivity (Wildman–Crippen MR) is 69.6 cm³/mol. The summed E-state index contributed by atoms with van der Waals surface area (Å²) in [7, 11) is 0. The summed E-state index contributed by atoms with van der Waals surface area (Å²) >= 11 is 0. The Morgan fingerprint density at radius 2 is 2.18 bits per heavy atom. The fraction of sp³-hybridized carbons (Fsp3) is 0.688. The normalized spacial score (nSPS) is 48.0. The van der Waals surface area contributed by atoms with Crippen LogP contribution in [0.25, 0.3) is 0 Å². The molecule has 3 rings (SSSR count). The first-order chi connectivity index (χ1) is 8.13. The highest BCUT2D eigenvalue weighted by Crippen LogP contribution is 2.51. The van der Waals surface area contributed by atoms with Gasteiger partial charge in [-0.25, -0.2) is 0 Å². The summed E-state index contributed by atoms with van der Waals surface area (Å²) in [5, 5.41) is 0. The second-order valence-electron chi connectivity index (χ2n) is 6.35. The average molecular weight is 230 g/mol. The number of carbonyl (C=O) groups is 1. The third-order valence-electron chi connectivity index (χ3n) is 5.47. The first-order valence-electron chi connectivity index (χ1n) is 7.00. The van der Waals surface area contributed by atoms with Gasteiger partial charge in [0.1, 0.15) is 5.78 Å². The van der Waals surface area contributed by atoms with E-state index in [1.807, 2.05) is 0 Å². The van der Waals surface area contributed by atoms with E-state index in [1.54, 1.807) is 0 Å². The molecule has 1 saturated carbocycles. The fourth-order valence-electron chi connectivity index (χ4n) is 4.22. The van der Waals surface area contributed by atoms with Crippen molar-refractivity contribution in [3.8, 4) is 0 Å².